The van der Waals surface area contributed by atoms with E-state index in [4.69, 9.17) is 14.0 Å². The highest BCUT2D eigenvalue weighted by Gasteiger charge is 2.16. The summed E-state index contributed by atoms with van der Waals surface area (Å²) < 4.78 is 42.3. The normalized spacial score (nSPS) is 10.7. The van der Waals surface area contributed by atoms with Crippen molar-refractivity contribution in [1.82, 2.24) is 10.1 Å². The molecular formula is C24H19F2N3O5. The molecule has 1 amide bonds. The number of amides is 1. The third kappa shape index (κ3) is 5.12. The lowest BCUT2D eigenvalue weighted by Crippen LogP contribution is -2.12. The molecule has 0 radical (unpaired) electrons. The van der Waals surface area contributed by atoms with Crippen LogP contribution in [0.1, 0.15) is 21.7 Å². The van der Waals surface area contributed by atoms with Crippen LogP contribution in [-0.4, -0.2) is 35.4 Å². The van der Waals surface area contributed by atoms with E-state index < -0.39 is 17.5 Å². The number of hydrogen-bond donors (Lipinski definition) is 2. The molecule has 2 N–H and O–H groups in total. The molecule has 10 heteroatoms. The predicted octanol–water partition coefficient (Wildman–Crippen LogP) is 4.58. The molecule has 0 aliphatic rings. The molecule has 0 aliphatic carbocycles. The summed E-state index contributed by atoms with van der Waals surface area (Å²) in [4.78, 5) is 16.8. The Morgan fingerprint density at radius 3 is 2.29 bits per heavy atom. The molecule has 174 valence electrons. The highest BCUT2D eigenvalue weighted by atomic mass is 19.1. The van der Waals surface area contributed by atoms with Crippen LogP contribution in [0.25, 0.3) is 11.5 Å². The second kappa shape index (κ2) is 9.57. The zero-order valence-corrected chi connectivity index (χ0v) is 18.1. The van der Waals surface area contributed by atoms with Crippen molar-refractivity contribution >= 4 is 11.6 Å². The largest absolute Gasteiger partial charge is 0.507 e. The van der Waals surface area contributed by atoms with Crippen molar-refractivity contribution in [2.24, 2.45) is 0 Å². The van der Waals surface area contributed by atoms with E-state index in [9.17, 15) is 18.7 Å². The van der Waals surface area contributed by atoms with Crippen LogP contribution < -0.4 is 14.8 Å². The first-order valence-corrected chi connectivity index (χ1v) is 10.00. The minimum atomic E-state index is -0.707. The number of anilines is 1. The number of phenolic OH excluding ortho intramolecular Hbond substituents is 1. The monoisotopic (exact) mass is 467 g/mol. The van der Waals surface area contributed by atoms with Gasteiger partial charge in [-0.2, -0.15) is 4.98 Å². The summed E-state index contributed by atoms with van der Waals surface area (Å²) in [6.07, 6.45) is 0.0388. The Labute approximate surface area is 192 Å². The third-order valence-electron chi connectivity index (χ3n) is 4.85. The standard InChI is InChI=1S/C24H19F2N3O5/c1-32-18-8-14(9-19(12-18)33-2)23(31)27-17-3-4-20(21(30)11-17)24-28-22(29-34-24)7-13-5-15(25)10-16(26)6-13/h3-6,8-12,30H,7H2,1-2H3,(H,27,31). The summed E-state index contributed by atoms with van der Waals surface area (Å²) in [7, 11) is 2.96. The van der Waals surface area contributed by atoms with E-state index in [1.807, 2.05) is 0 Å². The number of nitrogens with zero attached hydrogens (tertiary/aromatic N) is 2. The van der Waals surface area contributed by atoms with Gasteiger partial charge in [0.25, 0.3) is 11.8 Å². The number of carbonyl (C=O) groups is 1. The van der Waals surface area contributed by atoms with E-state index in [2.05, 4.69) is 15.5 Å². The van der Waals surface area contributed by atoms with Crippen LogP contribution >= 0.6 is 0 Å². The fraction of sp³-hybridized carbons (Fsp3) is 0.125. The number of phenols is 1. The van der Waals surface area contributed by atoms with Crippen LogP contribution in [0.4, 0.5) is 14.5 Å². The third-order valence-corrected chi connectivity index (χ3v) is 4.85. The van der Waals surface area contributed by atoms with Crippen molar-refractivity contribution in [3.63, 3.8) is 0 Å². The summed E-state index contributed by atoms with van der Waals surface area (Å²) in [5, 5.41) is 16.9. The molecule has 0 fully saturated rings. The topological polar surface area (TPSA) is 107 Å². The summed E-state index contributed by atoms with van der Waals surface area (Å²) in [6, 6.07) is 12.2. The summed E-state index contributed by atoms with van der Waals surface area (Å²) in [5.74, 6) is -0.960. The zero-order chi connectivity index (χ0) is 24.2. The number of benzene rings is 3. The molecule has 4 rings (SSSR count). The van der Waals surface area contributed by atoms with Gasteiger partial charge >= 0.3 is 0 Å². The molecule has 0 spiro atoms. The van der Waals surface area contributed by atoms with Crippen molar-refractivity contribution in [3.8, 4) is 28.7 Å². The number of aromatic nitrogens is 2. The minimum absolute atomic E-state index is 0.0137. The van der Waals surface area contributed by atoms with E-state index >= 15 is 0 Å². The molecule has 0 aliphatic heterocycles. The molecule has 1 heterocycles. The molecule has 0 saturated heterocycles. The smallest absolute Gasteiger partial charge is 0.261 e. The second-order valence-corrected chi connectivity index (χ2v) is 7.26. The average molecular weight is 467 g/mol. The first kappa shape index (κ1) is 22.7. The Morgan fingerprint density at radius 2 is 1.68 bits per heavy atom. The van der Waals surface area contributed by atoms with Crippen LogP contribution in [0.2, 0.25) is 0 Å². The second-order valence-electron chi connectivity index (χ2n) is 7.26. The van der Waals surface area contributed by atoms with Gasteiger partial charge in [0, 0.05) is 35.9 Å². The van der Waals surface area contributed by atoms with Gasteiger partial charge in [-0.1, -0.05) is 5.16 Å². The molecule has 0 unspecified atom stereocenters. The number of carbonyl (C=O) groups excluding carboxylic acids is 1. The molecule has 1 aromatic heterocycles. The number of rotatable bonds is 7. The fourth-order valence-electron chi connectivity index (χ4n) is 3.26. The van der Waals surface area contributed by atoms with Gasteiger partial charge in [0.15, 0.2) is 5.82 Å². The Balaban J connectivity index is 1.50. The van der Waals surface area contributed by atoms with E-state index in [0.717, 1.165) is 6.07 Å². The lowest BCUT2D eigenvalue weighted by Gasteiger charge is -2.10. The quantitative estimate of drug-likeness (QED) is 0.410. The molecule has 0 bridgehead atoms. The van der Waals surface area contributed by atoms with Gasteiger partial charge in [0.05, 0.1) is 19.8 Å². The van der Waals surface area contributed by atoms with Gasteiger partial charge in [0.2, 0.25) is 0 Å². The van der Waals surface area contributed by atoms with Gasteiger partial charge in [0.1, 0.15) is 28.9 Å². The van der Waals surface area contributed by atoms with Crippen molar-refractivity contribution in [1.29, 1.82) is 0 Å². The van der Waals surface area contributed by atoms with E-state index in [1.165, 1.54) is 38.5 Å². The highest BCUT2D eigenvalue weighted by molar-refractivity contribution is 6.05. The van der Waals surface area contributed by atoms with E-state index in [1.54, 1.807) is 24.3 Å². The molecular weight excluding hydrogens is 448 g/mol. The summed E-state index contributed by atoms with van der Waals surface area (Å²) in [6.45, 7) is 0. The lowest BCUT2D eigenvalue weighted by atomic mass is 10.1. The van der Waals surface area contributed by atoms with Crippen molar-refractivity contribution in [2.45, 2.75) is 6.42 Å². The Kier molecular flexibility index (Phi) is 6.39. The number of nitrogens with one attached hydrogen (secondary N) is 1. The number of aromatic hydroxyl groups is 1. The number of halogens is 2. The van der Waals surface area contributed by atoms with Gasteiger partial charge in [-0.15, -0.1) is 0 Å². The maximum absolute atomic E-state index is 13.4. The van der Waals surface area contributed by atoms with Crippen molar-refractivity contribution < 1.29 is 32.7 Å². The number of hydrogen-bond acceptors (Lipinski definition) is 7. The SMILES string of the molecule is COc1cc(OC)cc(C(=O)Nc2ccc(-c3nc(Cc4cc(F)cc(F)c4)no3)c(O)c2)c1. The predicted molar refractivity (Wildman–Crippen MR) is 118 cm³/mol. The van der Waals surface area contributed by atoms with E-state index in [-0.39, 0.29) is 29.4 Å². The van der Waals surface area contributed by atoms with Gasteiger partial charge < -0.3 is 24.4 Å². The highest BCUT2D eigenvalue weighted by Crippen LogP contribution is 2.31. The van der Waals surface area contributed by atoms with Gasteiger partial charge in [-0.05, 0) is 42.0 Å². The van der Waals surface area contributed by atoms with E-state index in [0.29, 0.717) is 28.3 Å². The molecule has 4 aromatic rings. The molecule has 8 nitrogen and oxygen atoms in total. The summed E-state index contributed by atoms with van der Waals surface area (Å²) in [5.41, 5.74) is 1.18. The Morgan fingerprint density at radius 1 is 1.00 bits per heavy atom. The lowest BCUT2D eigenvalue weighted by molar-refractivity contribution is 0.102. The maximum Gasteiger partial charge on any atom is 0.261 e. The van der Waals surface area contributed by atoms with Crippen LogP contribution in [0.3, 0.4) is 0 Å². The average Bonchev–Trinajstić information content (AvgIpc) is 3.26. The van der Waals surface area contributed by atoms with Gasteiger partial charge in [-0.25, -0.2) is 8.78 Å². The van der Waals surface area contributed by atoms with Crippen LogP contribution in [0.5, 0.6) is 17.2 Å². The van der Waals surface area contributed by atoms with Gasteiger partial charge in [-0.3, -0.25) is 4.79 Å². The number of methoxy groups -OCH3 is 2. The first-order chi connectivity index (χ1) is 16.3. The number of ether oxygens (including phenoxy) is 2. The maximum atomic E-state index is 13.4. The molecule has 34 heavy (non-hydrogen) atoms. The van der Waals surface area contributed by atoms with Crippen LogP contribution in [-0.2, 0) is 6.42 Å². The van der Waals surface area contributed by atoms with Crippen molar-refractivity contribution in [2.75, 3.05) is 19.5 Å². The van der Waals surface area contributed by atoms with Crippen LogP contribution in [0.15, 0.2) is 59.1 Å². The fourth-order valence-corrected chi connectivity index (χ4v) is 3.26. The molecule has 0 atom stereocenters. The Bertz CT molecular complexity index is 1310. The molecule has 0 saturated carbocycles. The summed E-state index contributed by atoms with van der Waals surface area (Å²) >= 11 is 0. The zero-order valence-electron chi connectivity index (χ0n) is 18.1. The first-order valence-electron chi connectivity index (χ1n) is 10.00. The minimum Gasteiger partial charge on any atom is -0.507 e. The molecule has 3 aromatic carbocycles. The van der Waals surface area contributed by atoms with Crippen LogP contribution in [0, 0.1) is 11.6 Å². The van der Waals surface area contributed by atoms with Crippen molar-refractivity contribution in [3.05, 3.63) is 83.2 Å². The Hall–Kier alpha value is -4.47.